The molecule has 18 heavy (non-hydrogen) atoms. The van der Waals surface area contributed by atoms with Crippen molar-refractivity contribution in [1.29, 1.82) is 0 Å². The normalized spacial score (nSPS) is 13.7. The molecule has 0 N–H and O–H groups in total. The zero-order valence-corrected chi connectivity index (χ0v) is 11.2. The molecule has 2 aromatic carbocycles. The van der Waals surface area contributed by atoms with Crippen LogP contribution in [0.25, 0.3) is 0 Å². The Morgan fingerprint density at radius 2 is 1.61 bits per heavy atom. The van der Waals surface area contributed by atoms with Crippen LogP contribution in [0.1, 0.15) is 0 Å². The summed E-state index contributed by atoms with van der Waals surface area (Å²) in [5.41, 5.74) is 0.687. The van der Waals surface area contributed by atoms with Crippen LogP contribution in [0.5, 0.6) is 5.75 Å². The first-order chi connectivity index (χ1) is 8.62. The average molecular weight is 261 g/mol. The van der Waals surface area contributed by atoms with Gasteiger partial charge in [0, 0.05) is 11.2 Å². The Morgan fingerprint density at radius 1 is 1.00 bits per heavy atom. The van der Waals surface area contributed by atoms with Gasteiger partial charge in [-0.25, -0.2) is 4.21 Å². The van der Waals surface area contributed by atoms with Crippen LogP contribution in [0.4, 0.5) is 5.69 Å². The number of benzene rings is 2. The Labute approximate surface area is 108 Å². The fourth-order valence-electron chi connectivity index (χ4n) is 1.57. The summed E-state index contributed by atoms with van der Waals surface area (Å²) in [5, 5.41) is 0. The zero-order valence-electron chi connectivity index (χ0n) is 10.4. The van der Waals surface area contributed by atoms with Gasteiger partial charge in [0.15, 0.2) is 0 Å². The molecule has 2 rings (SSSR count). The quantitative estimate of drug-likeness (QED) is 0.848. The van der Waals surface area contributed by atoms with Crippen molar-refractivity contribution in [3.05, 3.63) is 54.6 Å². The van der Waals surface area contributed by atoms with Crippen molar-refractivity contribution in [2.45, 2.75) is 4.90 Å². The van der Waals surface area contributed by atoms with E-state index in [-0.39, 0.29) is 0 Å². The first-order valence-electron chi connectivity index (χ1n) is 5.53. The summed E-state index contributed by atoms with van der Waals surface area (Å²) in [6, 6.07) is 16.5. The Morgan fingerprint density at radius 3 is 2.17 bits per heavy atom. The number of hydrogen-bond acceptors (Lipinski definition) is 3. The van der Waals surface area contributed by atoms with E-state index in [9.17, 15) is 4.21 Å². The Hall–Kier alpha value is -1.81. The first-order valence-corrected chi connectivity index (χ1v) is 7.45. The van der Waals surface area contributed by atoms with Gasteiger partial charge in [0.1, 0.15) is 5.75 Å². The van der Waals surface area contributed by atoms with Gasteiger partial charge in [0.2, 0.25) is 0 Å². The third kappa shape index (κ3) is 2.90. The van der Waals surface area contributed by atoms with E-state index in [2.05, 4.69) is 4.36 Å². The highest BCUT2D eigenvalue weighted by Gasteiger charge is 2.05. The van der Waals surface area contributed by atoms with Gasteiger partial charge in [-0.15, -0.1) is 0 Å². The summed E-state index contributed by atoms with van der Waals surface area (Å²) < 4.78 is 21.9. The second-order valence-electron chi connectivity index (χ2n) is 3.90. The first kappa shape index (κ1) is 12.6. The van der Waals surface area contributed by atoms with Crippen molar-refractivity contribution in [2.24, 2.45) is 4.36 Å². The minimum absolute atomic E-state index is 0.687. The molecule has 1 unspecified atom stereocenters. The SMILES string of the molecule is COc1ccc(N=S(C)(=O)c2ccccc2)cc1. The summed E-state index contributed by atoms with van der Waals surface area (Å²) >= 11 is 0. The largest absolute Gasteiger partial charge is 0.497 e. The molecule has 0 saturated heterocycles. The summed E-state index contributed by atoms with van der Waals surface area (Å²) in [6.45, 7) is 0. The summed E-state index contributed by atoms with van der Waals surface area (Å²) in [6.07, 6.45) is 1.65. The molecule has 0 aliphatic rings. The van der Waals surface area contributed by atoms with E-state index >= 15 is 0 Å². The standard InChI is InChI=1S/C14H15NO2S/c1-17-13-10-8-12(9-11-13)15-18(2,16)14-6-4-3-5-7-14/h3-11H,1-2H3. The van der Waals surface area contributed by atoms with E-state index in [1.165, 1.54) is 0 Å². The van der Waals surface area contributed by atoms with Crippen LogP contribution >= 0.6 is 0 Å². The lowest BCUT2D eigenvalue weighted by atomic mass is 10.3. The van der Waals surface area contributed by atoms with Crippen LogP contribution in [-0.4, -0.2) is 17.6 Å². The fraction of sp³-hybridized carbons (Fsp3) is 0.143. The number of methoxy groups -OCH3 is 1. The minimum Gasteiger partial charge on any atom is -0.497 e. The molecule has 0 bridgehead atoms. The Kier molecular flexibility index (Phi) is 3.67. The molecule has 0 amide bonds. The van der Waals surface area contributed by atoms with Crippen molar-refractivity contribution < 1.29 is 8.95 Å². The molecular weight excluding hydrogens is 246 g/mol. The molecule has 0 radical (unpaired) electrons. The van der Waals surface area contributed by atoms with E-state index in [0.717, 1.165) is 10.6 Å². The van der Waals surface area contributed by atoms with Crippen molar-refractivity contribution >= 4 is 15.4 Å². The van der Waals surface area contributed by atoms with E-state index < -0.39 is 9.73 Å². The van der Waals surface area contributed by atoms with Crippen molar-refractivity contribution in [1.82, 2.24) is 0 Å². The van der Waals surface area contributed by atoms with Crippen LogP contribution in [0.15, 0.2) is 63.9 Å². The second kappa shape index (κ2) is 5.23. The molecule has 0 saturated carbocycles. The van der Waals surface area contributed by atoms with Gasteiger partial charge in [0.25, 0.3) is 0 Å². The summed E-state index contributed by atoms with van der Waals surface area (Å²) in [4.78, 5) is 0.737. The number of nitrogens with zero attached hydrogens (tertiary/aromatic N) is 1. The van der Waals surface area contributed by atoms with Gasteiger partial charge >= 0.3 is 0 Å². The molecule has 0 aliphatic heterocycles. The van der Waals surface area contributed by atoms with Crippen LogP contribution in [0, 0.1) is 0 Å². The second-order valence-corrected chi connectivity index (χ2v) is 6.16. The highest BCUT2D eigenvalue weighted by atomic mass is 32.2. The molecule has 1 atom stereocenters. The molecule has 0 aliphatic carbocycles. The van der Waals surface area contributed by atoms with Crippen molar-refractivity contribution in [2.75, 3.05) is 13.4 Å². The fourth-order valence-corrected chi connectivity index (χ4v) is 2.86. The maximum atomic E-state index is 12.5. The number of rotatable bonds is 3. The minimum atomic E-state index is -2.40. The highest BCUT2D eigenvalue weighted by molar-refractivity contribution is 7.93. The zero-order chi connectivity index (χ0) is 13.0. The van der Waals surface area contributed by atoms with Crippen LogP contribution in [0.3, 0.4) is 0 Å². The highest BCUT2D eigenvalue weighted by Crippen LogP contribution is 2.21. The summed E-state index contributed by atoms with van der Waals surface area (Å²) in [5.74, 6) is 0.760. The number of ether oxygens (including phenoxy) is 1. The monoisotopic (exact) mass is 261 g/mol. The third-order valence-electron chi connectivity index (χ3n) is 2.53. The molecule has 94 valence electrons. The van der Waals surface area contributed by atoms with Gasteiger partial charge < -0.3 is 4.74 Å². The topological polar surface area (TPSA) is 38.7 Å². The van der Waals surface area contributed by atoms with Crippen LogP contribution in [-0.2, 0) is 9.73 Å². The summed E-state index contributed by atoms with van der Waals surface area (Å²) in [7, 11) is -0.789. The molecular formula is C14H15NO2S. The lowest BCUT2D eigenvalue weighted by Gasteiger charge is -2.04. The van der Waals surface area contributed by atoms with E-state index in [1.54, 1.807) is 37.6 Å². The van der Waals surface area contributed by atoms with Gasteiger partial charge in [-0.1, -0.05) is 18.2 Å². The Bertz CT molecular complexity index is 627. The van der Waals surface area contributed by atoms with E-state index in [1.807, 2.05) is 30.3 Å². The van der Waals surface area contributed by atoms with E-state index in [0.29, 0.717) is 5.69 Å². The van der Waals surface area contributed by atoms with Crippen LogP contribution in [0.2, 0.25) is 0 Å². The lowest BCUT2D eigenvalue weighted by Crippen LogP contribution is -1.96. The molecule has 0 aromatic heterocycles. The molecule has 3 nitrogen and oxygen atoms in total. The lowest BCUT2D eigenvalue weighted by molar-refractivity contribution is 0.415. The average Bonchev–Trinajstić information content (AvgIpc) is 2.40. The van der Waals surface area contributed by atoms with Gasteiger partial charge in [0.05, 0.1) is 22.5 Å². The Balaban J connectivity index is 2.40. The van der Waals surface area contributed by atoms with Gasteiger partial charge in [-0.3, -0.25) is 0 Å². The number of hydrogen-bond donors (Lipinski definition) is 0. The smallest absolute Gasteiger partial charge is 0.119 e. The maximum absolute atomic E-state index is 12.5. The third-order valence-corrected chi connectivity index (χ3v) is 4.24. The predicted octanol–water partition coefficient (Wildman–Crippen LogP) is 3.48. The van der Waals surface area contributed by atoms with Gasteiger partial charge in [-0.2, -0.15) is 4.36 Å². The molecule has 4 heteroatoms. The van der Waals surface area contributed by atoms with Crippen molar-refractivity contribution in [3.8, 4) is 5.75 Å². The van der Waals surface area contributed by atoms with Crippen LogP contribution < -0.4 is 4.74 Å². The molecule has 0 fully saturated rings. The van der Waals surface area contributed by atoms with Gasteiger partial charge in [-0.05, 0) is 36.4 Å². The molecule has 0 heterocycles. The maximum Gasteiger partial charge on any atom is 0.119 e. The molecule has 0 spiro atoms. The van der Waals surface area contributed by atoms with Crippen molar-refractivity contribution in [3.63, 3.8) is 0 Å². The molecule has 2 aromatic rings. The van der Waals surface area contributed by atoms with E-state index in [4.69, 9.17) is 4.74 Å². The predicted molar refractivity (Wildman–Crippen MR) is 73.9 cm³/mol.